The van der Waals surface area contributed by atoms with Crippen molar-refractivity contribution in [2.75, 3.05) is 7.05 Å². The molecule has 0 bridgehead atoms. The molecule has 1 atom stereocenters. The molecule has 0 aliphatic rings. The third-order valence-electron chi connectivity index (χ3n) is 3.24. The van der Waals surface area contributed by atoms with Crippen molar-refractivity contribution in [3.8, 4) is 11.5 Å². The Labute approximate surface area is 118 Å². The Kier molecular flexibility index (Phi) is 4.69. The minimum absolute atomic E-state index is 0.247. The van der Waals surface area contributed by atoms with E-state index in [0.29, 0.717) is 11.5 Å². The Morgan fingerprint density at radius 3 is 2.65 bits per heavy atom. The average Bonchev–Trinajstić information content (AvgIpc) is 2.45. The van der Waals surface area contributed by atoms with E-state index in [4.69, 9.17) is 4.74 Å². The fourth-order valence-electron chi connectivity index (χ4n) is 2.07. The van der Waals surface area contributed by atoms with Crippen LogP contribution in [-0.4, -0.2) is 12.0 Å². The molecule has 1 unspecified atom stereocenters. The van der Waals surface area contributed by atoms with Crippen molar-refractivity contribution in [2.45, 2.75) is 26.3 Å². The van der Waals surface area contributed by atoms with Crippen LogP contribution in [0.1, 0.15) is 30.6 Å². The van der Waals surface area contributed by atoms with Gasteiger partial charge in [-0.3, -0.25) is 4.98 Å². The minimum Gasteiger partial charge on any atom is -0.455 e. The summed E-state index contributed by atoms with van der Waals surface area (Å²) >= 11 is 0. The quantitative estimate of drug-likeness (QED) is 0.895. The zero-order valence-corrected chi connectivity index (χ0v) is 12.0. The molecule has 0 radical (unpaired) electrons. The standard InChI is InChI=1S/C16H19FN2O/c1-4-14(18-3)15-7-6-13(10-19-15)20-16-8-5-12(17)9-11(16)2/h5-10,14,18H,4H2,1-3H3. The second kappa shape index (κ2) is 6.48. The molecule has 20 heavy (non-hydrogen) atoms. The molecule has 0 spiro atoms. The largest absolute Gasteiger partial charge is 0.455 e. The summed E-state index contributed by atoms with van der Waals surface area (Å²) in [6, 6.07) is 8.53. The lowest BCUT2D eigenvalue weighted by Gasteiger charge is -2.14. The van der Waals surface area contributed by atoms with Crippen LogP contribution in [0.15, 0.2) is 36.5 Å². The van der Waals surface area contributed by atoms with E-state index < -0.39 is 0 Å². The van der Waals surface area contributed by atoms with Crippen LogP contribution in [-0.2, 0) is 0 Å². The molecule has 2 aromatic rings. The Morgan fingerprint density at radius 2 is 2.10 bits per heavy atom. The number of hydrogen-bond acceptors (Lipinski definition) is 3. The van der Waals surface area contributed by atoms with Crippen molar-refractivity contribution >= 4 is 0 Å². The van der Waals surface area contributed by atoms with Gasteiger partial charge < -0.3 is 10.1 Å². The second-order valence-electron chi connectivity index (χ2n) is 4.68. The molecule has 0 amide bonds. The van der Waals surface area contributed by atoms with E-state index in [9.17, 15) is 4.39 Å². The van der Waals surface area contributed by atoms with Gasteiger partial charge >= 0.3 is 0 Å². The molecule has 1 heterocycles. The fourth-order valence-corrected chi connectivity index (χ4v) is 2.07. The summed E-state index contributed by atoms with van der Waals surface area (Å²) in [5, 5.41) is 3.21. The first-order chi connectivity index (χ1) is 9.63. The summed E-state index contributed by atoms with van der Waals surface area (Å²) in [7, 11) is 1.92. The lowest BCUT2D eigenvalue weighted by Crippen LogP contribution is -2.16. The zero-order valence-electron chi connectivity index (χ0n) is 12.0. The minimum atomic E-state index is -0.261. The van der Waals surface area contributed by atoms with Crippen LogP contribution in [0.3, 0.4) is 0 Å². The van der Waals surface area contributed by atoms with Gasteiger partial charge in [-0.1, -0.05) is 6.92 Å². The molecule has 0 fully saturated rings. The van der Waals surface area contributed by atoms with Crippen LogP contribution in [0.25, 0.3) is 0 Å². The molecule has 106 valence electrons. The molecule has 3 nitrogen and oxygen atoms in total. The van der Waals surface area contributed by atoms with Gasteiger partial charge in [0.1, 0.15) is 17.3 Å². The van der Waals surface area contributed by atoms with Gasteiger partial charge in [-0.05, 0) is 56.3 Å². The van der Waals surface area contributed by atoms with Crippen LogP contribution < -0.4 is 10.1 Å². The van der Waals surface area contributed by atoms with E-state index >= 15 is 0 Å². The third kappa shape index (κ3) is 3.33. The van der Waals surface area contributed by atoms with Crippen LogP contribution in [0.2, 0.25) is 0 Å². The molecule has 0 aliphatic carbocycles. The Bertz CT molecular complexity index is 565. The summed E-state index contributed by atoms with van der Waals surface area (Å²) in [6.07, 6.45) is 2.67. The summed E-state index contributed by atoms with van der Waals surface area (Å²) in [6.45, 7) is 3.92. The molecular weight excluding hydrogens is 255 g/mol. The summed E-state index contributed by atoms with van der Waals surface area (Å²) in [4.78, 5) is 4.40. The third-order valence-corrected chi connectivity index (χ3v) is 3.24. The average molecular weight is 274 g/mol. The van der Waals surface area contributed by atoms with E-state index in [1.807, 2.05) is 26.1 Å². The van der Waals surface area contributed by atoms with Crippen molar-refractivity contribution < 1.29 is 9.13 Å². The van der Waals surface area contributed by atoms with Crippen molar-refractivity contribution in [2.24, 2.45) is 0 Å². The van der Waals surface area contributed by atoms with E-state index in [0.717, 1.165) is 17.7 Å². The monoisotopic (exact) mass is 274 g/mol. The number of aryl methyl sites for hydroxylation is 1. The maximum absolute atomic E-state index is 13.0. The van der Waals surface area contributed by atoms with Gasteiger partial charge in [0.15, 0.2) is 0 Å². The Balaban J connectivity index is 2.14. The highest BCUT2D eigenvalue weighted by atomic mass is 19.1. The van der Waals surface area contributed by atoms with Gasteiger partial charge in [-0.25, -0.2) is 4.39 Å². The first-order valence-corrected chi connectivity index (χ1v) is 6.71. The highest BCUT2D eigenvalue weighted by Crippen LogP contribution is 2.26. The molecule has 0 aliphatic heterocycles. The summed E-state index contributed by atoms with van der Waals surface area (Å²) < 4.78 is 18.7. The predicted octanol–water partition coefficient (Wildman–Crippen LogP) is 3.99. The molecule has 4 heteroatoms. The fraction of sp³-hybridized carbons (Fsp3) is 0.312. The van der Waals surface area contributed by atoms with E-state index in [2.05, 4.69) is 17.2 Å². The Morgan fingerprint density at radius 1 is 1.30 bits per heavy atom. The van der Waals surface area contributed by atoms with Crippen LogP contribution in [0.4, 0.5) is 4.39 Å². The SMILES string of the molecule is CCC(NC)c1ccc(Oc2ccc(F)cc2C)cn1. The molecule has 1 N–H and O–H groups in total. The molecular formula is C16H19FN2O. The van der Waals surface area contributed by atoms with Crippen LogP contribution >= 0.6 is 0 Å². The normalized spacial score (nSPS) is 12.2. The van der Waals surface area contributed by atoms with Crippen molar-refractivity contribution in [1.82, 2.24) is 10.3 Å². The number of pyridine rings is 1. The number of nitrogens with one attached hydrogen (secondary N) is 1. The number of nitrogens with zero attached hydrogens (tertiary/aromatic N) is 1. The van der Waals surface area contributed by atoms with Crippen molar-refractivity contribution in [1.29, 1.82) is 0 Å². The molecule has 2 rings (SSSR count). The van der Waals surface area contributed by atoms with Crippen LogP contribution in [0, 0.1) is 12.7 Å². The lowest BCUT2D eigenvalue weighted by atomic mass is 10.1. The first kappa shape index (κ1) is 14.5. The van der Waals surface area contributed by atoms with Crippen LogP contribution in [0.5, 0.6) is 11.5 Å². The number of hydrogen-bond donors (Lipinski definition) is 1. The van der Waals surface area contributed by atoms with E-state index in [1.165, 1.54) is 12.1 Å². The number of halogens is 1. The highest BCUT2D eigenvalue weighted by Gasteiger charge is 2.08. The number of aromatic nitrogens is 1. The van der Waals surface area contributed by atoms with Gasteiger partial charge in [-0.15, -0.1) is 0 Å². The predicted molar refractivity (Wildman–Crippen MR) is 77.5 cm³/mol. The molecule has 0 saturated carbocycles. The number of ether oxygens (including phenoxy) is 1. The van der Waals surface area contributed by atoms with Gasteiger partial charge in [0, 0.05) is 6.04 Å². The van der Waals surface area contributed by atoms with Gasteiger partial charge in [0.25, 0.3) is 0 Å². The van der Waals surface area contributed by atoms with Crippen molar-refractivity contribution in [3.05, 3.63) is 53.6 Å². The smallest absolute Gasteiger partial charge is 0.145 e. The zero-order chi connectivity index (χ0) is 14.5. The molecule has 0 saturated heterocycles. The lowest BCUT2D eigenvalue weighted by molar-refractivity contribution is 0.471. The molecule has 1 aromatic carbocycles. The van der Waals surface area contributed by atoms with Crippen molar-refractivity contribution in [3.63, 3.8) is 0 Å². The van der Waals surface area contributed by atoms with E-state index in [-0.39, 0.29) is 11.9 Å². The maximum atomic E-state index is 13.0. The number of rotatable bonds is 5. The second-order valence-corrected chi connectivity index (χ2v) is 4.68. The molecule has 1 aromatic heterocycles. The Hall–Kier alpha value is -1.94. The van der Waals surface area contributed by atoms with Gasteiger partial charge in [0.05, 0.1) is 11.9 Å². The highest BCUT2D eigenvalue weighted by molar-refractivity contribution is 5.36. The topological polar surface area (TPSA) is 34.1 Å². The van der Waals surface area contributed by atoms with Gasteiger partial charge in [-0.2, -0.15) is 0 Å². The van der Waals surface area contributed by atoms with Gasteiger partial charge in [0.2, 0.25) is 0 Å². The number of benzene rings is 1. The first-order valence-electron chi connectivity index (χ1n) is 6.71. The van der Waals surface area contributed by atoms with E-state index in [1.54, 1.807) is 12.3 Å². The summed E-state index contributed by atoms with van der Waals surface area (Å²) in [5.74, 6) is 1.03. The summed E-state index contributed by atoms with van der Waals surface area (Å²) in [5.41, 5.74) is 1.74. The maximum Gasteiger partial charge on any atom is 0.145 e.